The molecule has 0 spiro atoms. The number of ether oxygens (including phenoxy) is 1. The summed E-state index contributed by atoms with van der Waals surface area (Å²) in [7, 11) is 0. The Morgan fingerprint density at radius 2 is 2.00 bits per heavy atom. The number of nitrogens with one attached hydrogen (secondary N) is 3. The summed E-state index contributed by atoms with van der Waals surface area (Å²) >= 11 is 6.05. The van der Waals surface area contributed by atoms with Crippen molar-refractivity contribution < 1.29 is 14.3 Å². The lowest BCUT2D eigenvalue weighted by atomic mass is 10.2. The van der Waals surface area contributed by atoms with Crippen LogP contribution in [-0.2, 0) is 4.74 Å². The second kappa shape index (κ2) is 11.1. The molecule has 1 aliphatic heterocycles. The van der Waals surface area contributed by atoms with Crippen LogP contribution in [-0.4, -0.2) is 67.2 Å². The van der Waals surface area contributed by atoms with Gasteiger partial charge in [0.1, 0.15) is 5.60 Å². The van der Waals surface area contributed by atoms with Gasteiger partial charge < -0.3 is 25.6 Å². The maximum absolute atomic E-state index is 12.2. The van der Waals surface area contributed by atoms with Crippen LogP contribution in [0.4, 0.5) is 4.79 Å². The Balaban J connectivity index is 1.83. The van der Waals surface area contributed by atoms with Gasteiger partial charge in [-0.05, 0) is 46.2 Å². The normalized spacial score (nSPS) is 16.9. The SMILES string of the molecule is CCNC(=NCCNC(=O)c1ccccc1Cl)N1CCC(NC(=O)OC(C)(C)C)C1. The van der Waals surface area contributed by atoms with E-state index in [0.717, 1.165) is 25.5 Å². The standard InChI is InChI=1S/C21H32ClN5O3/c1-5-23-19(25-12-11-24-18(28)16-8-6-7-9-17(16)22)27-13-10-15(14-27)26-20(29)30-21(2,3)4/h6-9,15H,5,10-14H2,1-4H3,(H,23,25)(H,24,28)(H,26,29). The van der Waals surface area contributed by atoms with Gasteiger partial charge in [-0.1, -0.05) is 23.7 Å². The largest absolute Gasteiger partial charge is 0.444 e. The van der Waals surface area contributed by atoms with Crippen molar-refractivity contribution in [2.24, 2.45) is 4.99 Å². The van der Waals surface area contributed by atoms with Gasteiger partial charge >= 0.3 is 6.09 Å². The highest BCUT2D eigenvalue weighted by atomic mass is 35.5. The van der Waals surface area contributed by atoms with Crippen molar-refractivity contribution in [2.45, 2.75) is 45.8 Å². The van der Waals surface area contributed by atoms with E-state index in [9.17, 15) is 9.59 Å². The van der Waals surface area contributed by atoms with Gasteiger partial charge in [0.15, 0.2) is 5.96 Å². The number of halogens is 1. The Morgan fingerprint density at radius 3 is 2.67 bits per heavy atom. The Kier molecular flexibility index (Phi) is 8.77. The molecule has 1 unspecified atom stereocenters. The quantitative estimate of drug-likeness (QED) is 0.361. The summed E-state index contributed by atoms with van der Waals surface area (Å²) in [6.45, 7) is 10.5. The number of likely N-dealkylation sites (tertiary alicyclic amines) is 1. The molecule has 0 aromatic heterocycles. The zero-order chi connectivity index (χ0) is 22.1. The predicted molar refractivity (Wildman–Crippen MR) is 119 cm³/mol. The Hall–Kier alpha value is -2.48. The van der Waals surface area contributed by atoms with E-state index >= 15 is 0 Å². The van der Waals surface area contributed by atoms with Crippen LogP contribution in [0.25, 0.3) is 0 Å². The minimum Gasteiger partial charge on any atom is -0.444 e. The van der Waals surface area contributed by atoms with Crippen LogP contribution in [0, 0.1) is 0 Å². The van der Waals surface area contributed by atoms with Crippen molar-refractivity contribution in [3.05, 3.63) is 34.9 Å². The molecule has 0 bridgehead atoms. The predicted octanol–water partition coefficient (Wildman–Crippen LogP) is 2.63. The first kappa shape index (κ1) is 23.8. The third-order valence-corrected chi connectivity index (χ3v) is 4.65. The molecular weight excluding hydrogens is 406 g/mol. The molecule has 1 atom stereocenters. The highest BCUT2D eigenvalue weighted by Crippen LogP contribution is 2.14. The van der Waals surface area contributed by atoms with Gasteiger partial charge in [0.2, 0.25) is 0 Å². The van der Waals surface area contributed by atoms with E-state index in [1.54, 1.807) is 24.3 Å². The molecule has 1 fully saturated rings. The fourth-order valence-corrected chi connectivity index (χ4v) is 3.26. The maximum atomic E-state index is 12.2. The van der Waals surface area contributed by atoms with Crippen molar-refractivity contribution in [2.75, 3.05) is 32.7 Å². The Bertz CT molecular complexity index is 763. The van der Waals surface area contributed by atoms with Crippen molar-refractivity contribution in [1.29, 1.82) is 0 Å². The van der Waals surface area contributed by atoms with Crippen LogP contribution in [0.3, 0.4) is 0 Å². The summed E-state index contributed by atoms with van der Waals surface area (Å²) in [4.78, 5) is 30.9. The van der Waals surface area contributed by atoms with Crippen molar-refractivity contribution in [3.63, 3.8) is 0 Å². The topological polar surface area (TPSA) is 95.1 Å². The second-order valence-electron chi connectivity index (χ2n) is 8.05. The van der Waals surface area contributed by atoms with Gasteiger partial charge in [0.05, 0.1) is 23.2 Å². The van der Waals surface area contributed by atoms with E-state index in [0.29, 0.717) is 30.2 Å². The maximum Gasteiger partial charge on any atom is 0.407 e. The first-order chi connectivity index (χ1) is 14.2. The number of rotatable bonds is 6. The average Bonchev–Trinajstić information content (AvgIpc) is 3.11. The summed E-state index contributed by atoms with van der Waals surface area (Å²) < 4.78 is 5.33. The summed E-state index contributed by atoms with van der Waals surface area (Å²) in [6, 6.07) is 6.94. The molecule has 30 heavy (non-hydrogen) atoms. The number of alkyl carbamates (subject to hydrolysis) is 1. The minimum atomic E-state index is -0.521. The summed E-state index contributed by atoms with van der Waals surface area (Å²) in [5, 5.41) is 9.43. The van der Waals surface area contributed by atoms with E-state index in [1.807, 2.05) is 27.7 Å². The molecule has 0 aliphatic carbocycles. The number of carbonyl (C=O) groups is 2. The van der Waals surface area contributed by atoms with Crippen molar-refractivity contribution >= 4 is 29.6 Å². The lowest BCUT2D eigenvalue weighted by Crippen LogP contribution is -2.44. The molecule has 3 N–H and O–H groups in total. The average molecular weight is 438 g/mol. The van der Waals surface area contributed by atoms with Crippen molar-refractivity contribution in [3.8, 4) is 0 Å². The molecule has 0 radical (unpaired) electrons. The van der Waals surface area contributed by atoms with Gasteiger partial charge in [-0.3, -0.25) is 9.79 Å². The minimum absolute atomic E-state index is 0.00336. The van der Waals surface area contributed by atoms with E-state index < -0.39 is 11.7 Å². The van der Waals surface area contributed by atoms with Gasteiger partial charge in [0.25, 0.3) is 5.91 Å². The van der Waals surface area contributed by atoms with E-state index in [-0.39, 0.29) is 11.9 Å². The smallest absolute Gasteiger partial charge is 0.407 e. The number of hydrogen-bond donors (Lipinski definition) is 3. The number of hydrogen-bond acceptors (Lipinski definition) is 4. The van der Waals surface area contributed by atoms with Crippen LogP contribution >= 0.6 is 11.6 Å². The van der Waals surface area contributed by atoms with Crippen LogP contribution in [0.1, 0.15) is 44.5 Å². The molecule has 0 saturated carbocycles. The van der Waals surface area contributed by atoms with Gasteiger partial charge in [-0.15, -0.1) is 0 Å². The summed E-state index contributed by atoms with van der Waals surface area (Å²) in [5.74, 6) is 0.543. The van der Waals surface area contributed by atoms with E-state index in [4.69, 9.17) is 16.3 Å². The third kappa shape index (κ3) is 7.74. The van der Waals surface area contributed by atoms with Crippen molar-refractivity contribution in [1.82, 2.24) is 20.9 Å². The van der Waals surface area contributed by atoms with E-state index in [2.05, 4.69) is 25.8 Å². The molecular formula is C21H32ClN5O3. The van der Waals surface area contributed by atoms with Gasteiger partial charge in [-0.25, -0.2) is 4.79 Å². The molecule has 2 amide bonds. The summed E-state index contributed by atoms with van der Waals surface area (Å²) in [6.07, 6.45) is 0.408. The molecule has 9 heteroatoms. The first-order valence-electron chi connectivity index (χ1n) is 10.2. The summed E-state index contributed by atoms with van der Waals surface area (Å²) in [5.41, 5.74) is -0.0710. The molecule has 166 valence electrons. The molecule has 1 aromatic rings. The number of carbonyl (C=O) groups excluding carboxylic acids is 2. The Labute approximate surface area is 183 Å². The van der Waals surface area contributed by atoms with Crippen LogP contribution in [0.2, 0.25) is 5.02 Å². The van der Waals surface area contributed by atoms with E-state index in [1.165, 1.54) is 0 Å². The highest BCUT2D eigenvalue weighted by Gasteiger charge is 2.27. The molecule has 1 aliphatic rings. The molecule has 8 nitrogen and oxygen atoms in total. The number of amides is 2. The lowest BCUT2D eigenvalue weighted by Gasteiger charge is -2.23. The van der Waals surface area contributed by atoms with Gasteiger partial charge in [-0.2, -0.15) is 0 Å². The molecule has 1 aromatic carbocycles. The molecule has 1 saturated heterocycles. The number of nitrogens with zero attached hydrogens (tertiary/aromatic N) is 2. The van der Waals surface area contributed by atoms with Crippen LogP contribution in [0.5, 0.6) is 0 Å². The monoisotopic (exact) mass is 437 g/mol. The molecule has 1 heterocycles. The van der Waals surface area contributed by atoms with Gasteiger partial charge in [0, 0.05) is 26.2 Å². The fourth-order valence-electron chi connectivity index (χ4n) is 3.04. The third-order valence-electron chi connectivity index (χ3n) is 4.32. The number of benzene rings is 1. The second-order valence-corrected chi connectivity index (χ2v) is 8.46. The molecule has 2 rings (SSSR count). The van der Waals surface area contributed by atoms with Crippen LogP contribution in [0.15, 0.2) is 29.3 Å². The zero-order valence-electron chi connectivity index (χ0n) is 18.1. The first-order valence-corrected chi connectivity index (χ1v) is 10.6. The zero-order valence-corrected chi connectivity index (χ0v) is 18.9. The highest BCUT2D eigenvalue weighted by molar-refractivity contribution is 6.33. The Morgan fingerprint density at radius 1 is 1.27 bits per heavy atom. The number of guanidine groups is 1. The fraction of sp³-hybridized carbons (Fsp3) is 0.571. The number of aliphatic imine (C=N–C) groups is 1. The van der Waals surface area contributed by atoms with Crippen LogP contribution < -0.4 is 16.0 Å². The lowest BCUT2D eigenvalue weighted by molar-refractivity contribution is 0.0507.